The predicted octanol–water partition coefficient (Wildman–Crippen LogP) is 3.31. The van der Waals surface area contributed by atoms with Crippen LogP contribution in [0.2, 0.25) is 0 Å². The van der Waals surface area contributed by atoms with Crippen molar-refractivity contribution < 1.29 is 0 Å². The van der Waals surface area contributed by atoms with Crippen molar-refractivity contribution in [1.29, 1.82) is 0 Å². The Labute approximate surface area is 92.7 Å². The van der Waals surface area contributed by atoms with Gasteiger partial charge in [-0.2, -0.15) is 0 Å². The molecule has 0 radical (unpaired) electrons. The molecule has 1 heteroatoms. The van der Waals surface area contributed by atoms with Crippen molar-refractivity contribution in [2.24, 2.45) is 11.7 Å². The SMILES string of the molecule is CC(c1ccccc1)C(N)CC1CCC1. The Bertz CT molecular complexity index is 289. The second kappa shape index (κ2) is 4.80. The first-order valence-electron chi connectivity index (χ1n) is 6.08. The maximum atomic E-state index is 6.26. The van der Waals surface area contributed by atoms with Crippen LogP contribution in [0.3, 0.4) is 0 Å². The molecule has 1 aromatic carbocycles. The van der Waals surface area contributed by atoms with Gasteiger partial charge in [0.1, 0.15) is 0 Å². The normalized spacial score (nSPS) is 20.7. The summed E-state index contributed by atoms with van der Waals surface area (Å²) >= 11 is 0. The number of nitrogens with two attached hydrogens (primary N) is 1. The van der Waals surface area contributed by atoms with Gasteiger partial charge in [0.15, 0.2) is 0 Å². The molecule has 82 valence electrons. The average Bonchev–Trinajstić information content (AvgIpc) is 2.23. The van der Waals surface area contributed by atoms with Gasteiger partial charge in [-0.15, -0.1) is 0 Å². The molecule has 1 aliphatic rings. The fourth-order valence-electron chi connectivity index (χ4n) is 2.32. The number of hydrogen-bond donors (Lipinski definition) is 1. The van der Waals surface area contributed by atoms with E-state index in [1.807, 2.05) is 0 Å². The highest BCUT2D eigenvalue weighted by molar-refractivity contribution is 5.20. The molecular weight excluding hydrogens is 182 g/mol. The summed E-state index contributed by atoms with van der Waals surface area (Å²) < 4.78 is 0. The molecular formula is C14H21N. The molecule has 1 fully saturated rings. The largest absolute Gasteiger partial charge is 0.327 e. The smallest absolute Gasteiger partial charge is 0.0108 e. The Morgan fingerprint density at radius 2 is 1.93 bits per heavy atom. The second-order valence-corrected chi connectivity index (χ2v) is 4.90. The Kier molecular flexibility index (Phi) is 3.42. The van der Waals surface area contributed by atoms with Crippen LogP contribution in [0.5, 0.6) is 0 Å². The van der Waals surface area contributed by atoms with Gasteiger partial charge in [-0.1, -0.05) is 56.5 Å². The summed E-state index contributed by atoms with van der Waals surface area (Å²) in [6.07, 6.45) is 5.41. The third kappa shape index (κ3) is 2.60. The topological polar surface area (TPSA) is 26.0 Å². The van der Waals surface area contributed by atoms with E-state index < -0.39 is 0 Å². The van der Waals surface area contributed by atoms with E-state index in [2.05, 4.69) is 37.3 Å². The molecule has 0 saturated heterocycles. The fraction of sp³-hybridized carbons (Fsp3) is 0.571. The summed E-state index contributed by atoms with van der Waals surface area (Å²) in [7, 11) is 0. The first-order chi connectivity index (χ1) is 7.27. The van der Waals surface area contributed by atoms with E-state index in [-0.39, 0.29) is 0 Å². The van der Waals surface area contributed by atoms with Gasteiger partial charge in [0, 0.05) is 6.04 Å². The van der Waals surface area contributed by atoms with Crippen LogP contribution < -0.4 is 5.73 Å². The van der Waals surface area contributed by atoms with Gasteiger partial charge in [-0.3, -0.25) is 0 Å². The lowest BCUT2D eigenvalue weighted by Crippen LogP contribution is -2.31. The van der Waals surface area contributed by atoms with Gasteiger partial charge >= 0.3 is 0 Å². The minimum atomic E-state index is 0.331. The van der Waals surface area contributed by atoms with E-state index in [1.165, 1.54) is 31.2 Å². The molecule has 0 heterocycles. The van der Waals surface area contributed by atoms with Gasteiger partial charge in [-0.25, -0.2) is 0 Å². The third-order valence-electron chi connectivity index (χ3n) is 3.80. The van der Waals surface area contributed by atoms with E-state index in [9.17, 15) is 0 Å². The molecule has 1 saturated carbocycles. The van der Waals surface area contributed by atoms with Crippen LogP contribution in [-0.4, -0.2) is 6.04 Å². The zero-order valence-corrected chi connectivity index (χ0v) is 9.52. The van der Waals surface area contributed by atoms with Crippen molar-refractivity contribution in [3.8, 4) is 0 Å². The van der Waals surface area contributed by atoms with E-state index in [4.69, 9.17) is 5.73 Å². The first-order valence-corrected chi connectivity index (χ1v) is 6.08. The molecule has 2 unspecified atom stereocenters. The van der Waals surface area contributed by atoms with Crippen LogP contribution in [0.1, 0.15) is 44.1 Å². The van der Waals surface area contributed by atoms with Crippen molar-refractivity contribution in [3.05, 3.63) is 35.9 Å². The lowest BCUT2D eigenvalue weighted by Gasteiger charge is -2.30. The average molecular weight is 203 g/mol. The van der Waals surface area contributed by atoms with Crippen LogP contribution in [0.25, 0.3) is 0 Å². The summed E-state index contributed by atoms with van der Waals surface area (Å²) in [6, 6.07) is 11.0. The van der Waals surface area contributed by atoms with Crippen LogP contribution >= 0.6 is 0 Å². The molecule has 0 aliphatic heterocycles. The van der Waals surface area contributed by atoms with E-state index in [0.29, 0.717) is 12.0 Å². The summed E-state index contributed by atoms with van der Waals surface area (Å²) in [5.41, 5.74) is 7.64. The molecule has 1 nitrogen and oxygen atoms in total. The summed E-state index contributed by atoms with van der Waals surface area (Å²) in [6.45, 7) is 2.25. The van der Waals surface area contributed by atoms with Crippen LogP contribution in [0.4, 0.5) is 0 Å². The molecule has 15 heavy (non-hydrogen) atoms. The fourth-order valence-corrected chi connectivity index (χ4v) is 2.32. The van der Waals surface area contributed by atoms with Gasteiger partial charge in [-0.05, 0) is 23.8 Å². The van der Waals surface area contributed by atoms with E-state index in [1.54, 1.807) is 0 Å². The minimum Gasteiger partial charge on any atom is -0.327 e. The molecule has 0 aromatic heterocycles. The van der Waals surface area contributed by atoms with Crippen LogP contribution in [0.15, 0.2) is 30.3 Å². The quantitative estimate of drug-likeness (QED) is 0.798. The maximum Gasteiger partial charge on any atom is 0.0108 e. The Morgan fingerprint density at radius 1 is 1.27 bits per heavy atom. The number of hydrogen-bond acceptors (Lipinski definition) is 1. The molecule has 2 rings (SSSR count). The van der Waals surface area contributed by atoms with Crippen LogP contribution in [-0.2, 0) is 0 Å². The first kappa shape index (κ1) is 10.7. The molecule has 1 aliphatic carbocycles. The minimum absolute atomic E-state index is 0.331. The van der Waals surface area contributed by atoms with E-state index in [0.717, 1.165) is 5.92 Å². The summed E-state index contributed by atoms with van der Waals surface area (Å²) in [4.78, 5) is 0. The van der Waals surface area contributed by atoms with Gasteiger partial charge in [0.05, 0.1) is 0 Å². The Balaban J connectivity index is 1.91. The van der Waals surface area contributed by atoms with Crippen molar-refractivity contribution in [3.63, 3.8) is 0 Å². The lowest BCUT2D eigenvalue weighted by atomic mass is 9.78. The molecule has 0 bridgehead atoms. The van der Waals surface area contributed by atoms with Crippen molar-refractivity contribution in [1.82, 2.24) is 0 Å². The summed E-state index contributed by atoms with van der Waals surface area (Å²) in [5.74, 6) is 1.40. The lowest BCUT2D eigenvalue weighted by molar-refractivity contribution is 0.266. The molecule has 2 atom stereocenters. The summed E-state index contributed by atoms with van der Waals surface area (Å²) in [5, 5.41) is 0. The highest BCUT2D eigenvalue weighted by atomic mass is 14.6. The molecule has 1 aromatic rings. The van der Waals surface area contributed by atoms with Crippen molar-refractivity contribution in [2.45, 2.75) is 44.6 Å². The number of rotatable bonds is 4. The second-order valence-electron chi connectivity index (χ2n) is 4.90. The van der Waals surface area contributed by atoms with Gasteiger partial charge in [0.25, 0.3) is 0 Å². The van der Waals surface area contributed by atoms with Gasteiger partial charge in [0.2, 0.25) is 0 Å². The monoisotopic (exact) mass is 203 g/mol. The molecule has 0 spiro atoms. The Morgan fingerprint density at radius 3 is 2.47 bits per heavy atom. The van der Waals surface area contributed by atoms with Crippen LogP contribution in [0, 0.1) is 5.92 Å². The highest BCUT2D eigenvalue weighted by Crippen LogP contribution is 2.33. The zero-order chi connectivity index (χ0) is 10.7. The highest BCUT2D eigenvalue weighted by Gasteiger charge is 2.23. The Hall–Kier alpha value is -0.820. The maximum absolute atomic E-state index is 6.26. The van der Waals surface area contributed by atoms with Gasteiger partial charge < -0.3 is 5.73 Å². The predicted molar refractivity (Wildman–Crippen MR) is 64.8 cm³/mol. The number of benzene rings is 1. The zero-order valence-electron chi connectivity index (χ0n) is 9.52. The molecule has 0 amide bonds. The van der Waals surface area contributed by atoms with Crippen molar-refractivity contribution in [2.75, 3.05) is 0 Å². The van der Waals surface area contributed by atoms with Crippen molar-refractivity contribution >= 4 is 0 Å². The third-order valence-corrected chi connectivity index (χ3v) is 3.80. The molecule has 2 N–H and O–H groups in total. The van der Waals surface area contributed by atoms with E-state index >= 15 is 0 Å². The standard InChI is InChI=1S/C14H21N/c1-11(13-8-3-2-4-9-13)14(15)10-12-6-5-7-12/h2-4,8-9,11-12,14H,5-7,10,15H2,1H3.